The zero-order valence-electron chi connectivity index (χ0n) is 16.3. The van der Waals surface area contributed by atoms with E-state index < -0.39 is 5.41 Å². The maximum atomic E-state index is 13.3. The van der Waals surface area contributed by atoms with Crippen molar-refractivity contribution in [2.24, 2.45) is 0 Å². The lowest BCUT2D eigenvalue weighted by Crippen LogP contribution is -2.37. The highest BCUT2D eigenvalue weighted by molar-refractivity contribution is 6.10. The summed E-state index contributed by atoms with van der Waals surface area (Å²) in [7, 11) is 1.78. The summed E-state index contributed by atoms with van der Waals surface area (Å²) in [6, 6.07) is 13.6. The number of rotatable bonds is 3. The third-order valence-electron chi connectivity index (χ3n) is 5.13. The topological polar surface area (TPSA) is 40.6 Å². The largest absolute Gasteiger partial charge is 0.314 e. The Balaban J connectivity index is 2.05. The Morgan fingerprint density at radius 1 is 1.12 bits per heavy atom. The molecule has 0 bridgehead atoms. The van der Waals surface area contributed by atoms with Gasteiger partial charge in [0.15, 0.2) is 0 Å². The van der Waals surface area contributed by atoms with Crippen molar-refractivity contribution in [1.29, 1.82) is 0 Å². The Morgan fingerprint density at radius 3 is 2.42 bits per heavy atom. The molecule has 26 heavy (non-hydrogen) atoms. The quantitative estimate of drug-likeness (QED) is 0.828. The van der Waals surface area contributed by atoms with Gasteiger partial charge in [0.2, 0.25) is 5.91 Å². The summed E-state index contributed by atoms with van der Waals surface area (Å²) in [6.45, 7) is 9.86. The number of likely N-dealkylation sites (N-methyl/N-ethyl adjacent to an activating group) is 1. The predicted molar refractivity (Wildman–Crippen MR) is 106 cm³/mol. The molecule has 0 saturated carbocycles. The summed E-state index contributed by atoms with van der Waals surface area (Å²) < 4.78 is 0. The number of hydrogen-bond acceptors (Lipinski definition) is 2. The van der Waals surface area contributed by atoms with Crippen LogP contribution in [0.25, 0.3) is 0 Å². The van der Waals surface area contributed by atoms with Gasteiger partial charge in [-0.25, -0.2) is 0 Å². The van der Waals surface area contributed by atoms with Gasteiger partial charge >= 0.3 is 0 Å². The van der Waals surface area contributed by atoms with Crippen molar-refractivity contribution in [2.75, 3.05) is 16.8 Å². The Labute approximate surface area is 155 Å². The Hall–Kier alpha value is -2.62. The summed E-state index contributed by atoms with van der Waals surface area (Å²) in [5.41, 5.74) is 3.77. The first-order valence-corrected chi connectivity index (χ1v) is 8.97. The molecule has 0 fully saturated rings. The molecule has 1 aliphatic heterocycles. The average molecular weight is 350 g/mol. The number of hydrogen-bond donors (Lipinski definition) is 0. The van der Waals surface area contributed by atoms with Crippen molar-refractivity contribution in [1.82, 2.24) is 0 Å². The van der Waals surface area contributed by atoms with E-state index in [9.17, 15) is 9.59 Å². The van der Waals surface area contributed by atoms with Crippen molar-refractivity contribution >= 4 is 23.2 Å². The van der Waals surface area contributed by atoms with Gasteiger partial charge in [0.25, 0.3) is 5.91 Å². The summed E-state index contributed by atoms with van der Waals surface area (Å²) in [5, 5.41) is 0. The average Bonchev–Trinajstić information content (AvgIpc) is 2.75. The maximum absolute atomic E-state index is 13.3. The summed E-state index contributed by atoms with van der Waals surface area (Å²) in [5.74, 6) is 0.00250. The number of aryl methyl sites for hydroxylation is 1. The second-order valence-corrected chi connectivity index (χ2v) is 7.83. The number of amides is 2. The van der Waals surface area contributed by atoms with E-state index >= 15 is 0 Å². The van der Waals surface area contributed by atoms with Crippen LogP contribution in [0.3, 0.4) is 0 Å². The van der Waals surface area contributed by atoms with Crippen LogP contribution in [-0.4, -0.2) is 24.9 Å². The lowest BCUT2D eigenvalue weighted by molar-refractivity contribution is -0.121. The molecule has 0 N–H and O–H groups in total. The van der Waals surface area contributed by atoms with Gasteiger partial charge in [0.05, 0.1) is 5.41 Å². The summed E-state index contributed by atoms with van der Waals surface area (Å²) >= 11 is 0. The number of carbonyl (C=O) groups excluding carboxylic acids is 2. The van der Waals surface area contributed by atoms with Crippen LogP contribution in [0.2, 0.25) is 0 Å². The molecule has 0 aromatic heterocycles. The zero-order chi connectivity index (χ0) is 19.2. The van der Waals surface area contributed by atoms with Crippen LogP contribution in [0.5, 0.6) is 0 Å². The van der Waals surface area contributed by atoms with E-state index in [1.807, 2.05) is 82.0 Å². The minimum atomic E-state index is -0.619. The van der Waals surface area contributed by atoms with Crippen molar-refractivity contribution in [3.63, 3.8) is 0 Å². The molecule has 2 amide bonds. The predicted octanol–water partition coefficient (Wildman–Crippen LogP) is 4.30. The van der Waals surface area contributed by atoms with Crippen LogP contribution in [0.15, 0.2) is 42.5 Å². The molecule has 0 unspecified atom stereocenters. The van der Waals surface area contributed by atoms with E-state index in [4.69, 9.17) is 0 Å². The van der Waals surface area contributed by atoms with E-state index in [1.54, 1.807) is 11.9 Å². The van der Waals surface area contributed by atoms with E-state index in [0.29, 0.717) is 5.56 Å². The van der Waals surface area contributed by atoms with E-state index in [0.717, 1.165) is 22.5 Å². The molecule has 1 aliphatic rings. The molecule has 0 spiro atoms. The van der Waals surface area contributed by atoms with Crippen molar-refractivity contribution in [3.05, 3.63) is 59.2 Å². The molecule has 1 heterocycles. The monoisotopic (exact) mass is 350 g/mol. The molecule has 0 aliphatic carbocycles. The molecule has 4 nitrogen and oxygen atoms in total. The number of anilines is 2. The molecule has 0 atom stereocenters. The number of carbonyl (C=O) groups is 2. The minimum absolute atomic E-state index is 0.0230. The van der Waals surface area contributed by atoms with E-state index in [-0.39, 0.29) is 17.9 Å². The van der Waals surface area contributed by atoms with Crippen molar-refractivity contribution < 1.29 is 9.59 Å². The summed E-state index contributed by atoms with van der Waals surface area (Å²) in [6.07, 6.45) is 0. The minimum Gasteiger partial charge on any atom is -0.314 e. The third-order valence-corrected chi connectivity index (χ3v) is 5.13. The van der Waals surface area contributed by atoms with Gasteiger partial charge in [-0.05, 0) is 76.1 Å². The van der Waals surface area contributed by atoms with Crippen LogP contribution in [0, 0.1) is 6.92 Å². The van der Waals surface area contributed by atoms with Crippen LogP contribution in [0.4, 0.5) is 11.4 Å². The molecule has 136 valence electrons. The molecule has 4 heteroatoms. The van der Waals surface area contributed by atoms with E-state index in [2.05, 4.69) is 0 Å². The molecule has 0 saturated heterocycles. The van der Waals surface area contributed by atoms with Gasteiger partial charge in [-0.2, -0.15) is 0 Å². The standard InChI is InChI=1S/C22H26N2O2/c1-14(2)24(17-9-7-8-15(3)12-17)20(25)16-10-11-19-18(13-16)22(4,5)21(26)23(19)6/h7-14H,1-6H3. The van der Waals surface area contributed by atoms with E-state index in [1.165, 1.54) is 0 Å². The highest BCUT2D eigenvalue weighted by atomic mass is 16.2. The van der Waals surface area contributed by atoms with Gasteiger partial charge < -0.3 is 9.80 Å². The van der Waals surface area contributed by atoms with Crippen LogP contribution in [0.1, 0.15) is 49.2 Å². The lowest BCUT2D eigenvalue weighted by Gasteiger charge is -2.28. The molecule has 2 aromatic rings. The highest BCUT2D eigenvalue weighted by Gasteiger charge is 2.42. The van der Waals surface area contributed by atoms with Crippen LogP contribution < -0.4 is 9.80 Å². The Bertz CT molecular complexity index is 883. The smallest absolute Gasteiger partial charge is 0.258 e. The second kappa shape index (κ2) is 6.27. The number of nitrogens with zero attached hydrogens (tertiary/aromatic N) is 2. The van der Waals surface area contributed by atoms with Gasteiger partial charge in [0.1, 0.15) is 0 Å². The molecular formula is C22H26N2O2. The first-order chi connectivity index (χ1) is 12.1. The molecule has 2 aromatic carbocycles. The third kappa shape index (κ3) is 2.79. The van der Waals surface area contributed by atoms with Gasteiger partial charge in [0, 0.05) is 30.0 Å². The first-order valence-electron chi connectivity index (χ1n) is 8.97. The fourth-order valence-electron chi connectivity index (χ4n) is 3.67. The highest BCUT2D eigenvalue weighted by Crippen LogP contribution is 2.41. The second-order valence-electron chi connectivity index (χ2n) is 7.83. The lowest BCUT2D eigenvalue weighted by atomic mass is 9.85. The first kappa shape index (κ1) is 18.2. The molecular weight excluding hydrogens is 324 g/mol. The Morgan fingerprint density at radius 2 is 1.81 bits per heavy atom. The van der Waals surface area contributed by atoms with Crippen LogP contribution in [-0.2, 0) is 10.2 Å². The normalized spacial score (nSPS) is 15.3. The SMILES string of the molecule is Cc1cccc(N(C(=O)c2ccc3c(c2)C(C)(C)C(=O)N3C)C(C)C)c1. The van der Waals surface area contributed by atoms with Crippen LogP contribution >= 0.6 is 0 Å². The Kier molecular flexibility index (Phi) is 4.39. The van der Waals surface area contributed by atoms with Crippen molar-refractivity contribution in [3.8, 4) is 0 Å². The van der Waals surface area contributed by atoms with Gasteiger partial charge in [-0.3, -0.25) is 9.59 Å². The number of benzene rings is 2. The van der Waals surface area contributed by atoms with Crippen molar-refractivity contribution in [2.45, 2.75) is 46.1 Å². The fraction of sp³-hybridized carbons (Fsp3) is 0.364. The number of fused-ring (bicyclic) bond motifs is 1. The molecule has 3 rings (SSSR count). The van der Waals surface area contributed by atoms with Gasteiger partial charge in [-0.1, -0.05) is 12.1 Å². The fourth-order valence-corrected chi connectivity index (χ4v) is 3.67. The molecule has 0 radical (unpaired) electrons. The van der Waals surface area contributed by atoms with Gasteiger partial charge in [-0.15, -0.1) is 0 Å². The summed E-state index contributed by atoms with van der Waals surface area (Å²) in [4.78, 5) is 29.3. The maximum Gasteiger partial charge on any atom is 0.258 e. The zero-order valence-corrected chi connectivity index (χ0v) is 16.3.